The van der Waals surface area contributed by atoms with Crippen molar-refractivity contribution in [3.05, 3.63) is 30.3 Å². The van der Waals surface area contributed by atoms with Crippen molar-refractivity contribution in [2.24, 2.45) is 17.8 Å². The highest BCUT2D eigenvalue weighted by molar-refractivity contribution is 8.00. The molecule has 0 radical (unpaired) electrons. The highest BCUT2D eigenvalue weighted by Gasteiger charge is 2.51. The fraction of sp³-hybridized carbons (Fsp3) is 0.710. The van der Waals surface area contributed by atoms with E-state index in [0.717, 1.165) is 43.7 Å². The third kappa shape index (κ3) is 6.75. The van der Waals surface area contributed by atoms with Crippen LogP contribution in [-0.4, -0.2) is 58.5 Å². The van der Waals surface area contributed by atoms with Gasteiger partial charge in [0.2, 0.25) is 5.91 Å². The number of likely N-dealkylation sites (tertiary alicyclic amines) is 1. The normalized spacial score (nSPS) is 24.7. The molecule has 2 N–H and O–H groups in total. The molecular weight excluding hydrogens is 492 g/mol. The van der Waals surface area contributed by atoms with Crippen molar-refractivity contribution in [2.45, 2.75) is 100 Å². The first-order valence-corrected chi connectivity index (χ1v) is 16.2. The van der Waals surface area contributed by atoms with E-state index in [2.05, 4.69) is 5.32 Å². The molecule has 208 valence electrons. The van der Waals surface area contributed by atoms with E-state index in [-0.39, 0.29) is 11.8 Å². The third-order valence-electron chi connectivity index (χ3n) is 9.51. The van der Waals surface area contributed by atoms with Crippen molar-refractivity contribution in [3.8, 4) is 0 Å². The van der Waals surface area contributed by atoms with Gasteiger partial charge < -0.3 is 10.2 Å². The average Bonchev–Trinajstić information content (AvgIpc) is 3.50. The van der Waals surface area contributed by atoms with E-state index in [4.69, 9.17) is 5.41 Å². The zero-order chi connectivity index (χ0) is 26.4. The second-order valence-electron chi connectivity index (χ2n) is 12.3. The van der Waals surface area contributed by atoms with Crippen molar-refractivity contribution < 1.29 is 9.59 Å². The Bertz CT molecular complexity index is 938. The van der Waals surface area contributed by atoms with Crippen LogP contribution < -0.4 is 5.32 Å². The number of amides is 2. The maximum Gasteiger partial charge on any atom is 0.255 e. The van der Waals surface area contributed by atoms with Crippen LogP contribution >= 0.6 is 11.8 Å². The van der Waals surface area contributed by atoms with E-state index in [0.29, 0.717) is 36.0 Å². The third-order valence-corrected chi connectivity index (χ3v) is 10.5. The summed E-state index contributed by atoms with van der Waals surface area (Å²) >= 11 is 1.60. The van der Waals surface area contributed by atoms with Gasteiger partial charge in [0.1, 0.15) is 5.54 Å². The molecule has 0 bridgehead atoms. The van der Waals surface area contributed by atoms with Gasteiger partial charge in [-0.15, -0.1) is 11.8 Å². The topological polar surface area (TPSA) is 76.5 Å². The molecule has 2 heterocycles. The van der Waals surface area contributed by atoms with Crippen LogP contribution in [-0.2, 0) is 9.59 Å². The molecule has 5 rings (SSSR count). The van der Waals surface area contributed by atoms with Crippen LogP contribution in [0.15, 0.2) is 35.2 Å². The predicted octanol–water partition coefficient (Wildman–Crippen LogP) is 6.06. The van der Waals surface area contributed by atoms with Gasteiger partial charge in [0.25, 0.3) is 5.91 Å². The van der Waals surface area contributed by atoms with E-state index < -0.39 is 5.54 Å². The van der Waals surface area contributed by atoms with E-state index >= 15 is 0 Å². The number of guanidine groups is 1. The van der Waals surface area contributed by atoms with Crippen LogP contribution in [0.1, 0.15) is 89.9 Å². The number of hydrogen-bond donors (Lipinski definition) is 2. The molecule has 2 amide bonds. The molecular formula is C31H46N4O2S. The van der Waals surface area contributed by atoms with Crippen LogP contribution in [0, 0.1) is 23.2 Å². The molecule has 6 nitrogen and oxygen atoms in total. The quantitative estimate of drug-likeness (QED) is 0.355. The zero-order valence-corrected chi connectivity index (χ0v) is 23.8. The molecule has 4 fully saturated rings. The summed E-state index contributed by atoms with van der Waals surface area (Å²) in [6.45, 7) is 2.16. The Labute approximate surface area is 233 Å². The van der Waals surface area contributed by atoms with Crippen LogP contribution in [0.2, 0.25) is 0 Å². The Morgan fingerprint density at radius 2 is 1.55 bits per heavy atom. The molecule has 0 spiro atoms. The van der Waals surface area contributed by atoms with Gasteiger partial charge in [0.05, 0.1) is 5.75 Å². The Hall–Kier alpha value is -2.02. The predicted molar refractivity (Wildman–Crippen MR) is 154 cm³/mol. The molecule has 2 saturated heterocycles. The standard InChI is InChI=1S/C31H46N4O2S/c32-30-33-31(20-24-10-4-1-5-11-24,21-25-12-6-2-7-13-25)29(37)35(30)19-17-26-16-18-34(22-26)28(36)23-38-27-14-8-3-9-15-27/h3,8-9,14-15,24-26H,1-2,4-7,10-13,16-23H2,(H2,32,33). The van der Waals surface area contributed by atoms with E-state index in [1.54, 1.807) is 16.7 Å². The second-order valence-corrected chi connectivity index (χ2v) is 13.4. The molecule has 2 aliphatic heterocycles. The molecule has 38 heavy (non-hydrogen) atoms. The van der Waals surface area contributed by atoms with Gasteiger partial charge >= 0.3 is 0 Å². The van der Waals surface area contributed by atoms with Crippen molar-refractivity contribution in [3.63, 3.8) is 0 Å². The molecule has 0 aromatic heterocycles. The summed E-state index contributed by atoms with van der Waals surface area (Å²) in [5, 5.41) is 12.3. The van der Waals surface area contributed by atoms with Crippen molar-refractivity contribution in [1.29, 1.82) is 5.41 Å². The summed E-state index contributed by atoms with van der Waals surface area (Å²) in [5.41, 5.74) is -0.576. The Morgan fingerprint density at radius 1 is 0.921 bits per heavy atom. The Balaban J connectivity index is 1.15. The van der Waals surface area contributed by atoms with Gasteiger partial charge in [-0.2, -0.15) is 0 Å². The molecule has 1 unspecified atom stereocenters. The molecule has 1 aromatic carbocycles. The number of benzene rings is 1. The highest BCUT2D eigenvalue weighted by Crippen LogP contribution is 2.40. The summed E-state index contributed by atoms with van der Waals surface area (Å²) < 4.78 is 0. The van der Waals surface area contributed by atoms with Crippen LogP contribution in [0.5, 0.6) is 0 Å². The number of nitrogens with zero attached hydrogens (tertiary/aromatic N) is 2. The first-order chi connectivity index (χ1) is 18.5. The van der Waals surface area contributed by atoms with Gasteiger partial charge in [-0.3, -0.25) is 19.9 Å². The van der Waals surface area contributed by atoms with Crippen molar-refractivity contribution >= 4 is 29.5 Å². The summed E-state index contributed by atoms with van der Waals surface area (Å²) in [7, 11) is 0. The highest BCUT2D eigenvalue weighted by atomic mass is 32.2. The molecule has 4 aliphatic rings. The van der Waals surface area contributed by atoms with Gasteiger partial charge in [-0.25, -0.2) is 0 Å². The first kappa shape index (κ1) is 27.5. The SMILES string of the molecule is N=C1NC(CC2CCCCC2)(CC2CCCCC2)C(=O)N1CCC1CCN(C(=O)CSc2ccccc2)C1. The van der Waals surface area contributed by atoms with Gasteiger partial charge in [0.15, 0.2) is 5.96 Å². The minimum absolute atomic E-state index is 0.156. The summed E-state index contributed by atoms with van der Waals surface area (Å²) in [6, 6.07) is 10.1. The second kappa shape index (κ2) is 12.9. The maximum atomic E-state index is 14.0. The van der Waals surface area contributed by atoms with E-state index in [9.17, 15) is 9.59 Å². The Morgan fingerprint density at radius 3 is 2.18 bits per heavy atom. The van der Waals surface area contributed by atoms with Gasteiger partial charge in [-0.05, 0) is 55.6 Å². The number of rotatable bonds is 10. The lowest BCUT2D eigenvalue weighted by molar-refractivity contribution is -0.133. The first-order valence-electron chi connectivity index (χ1n) is 15.2. The summed E-state index contributed by atoms with van der Waals surface area (Å²) in [4.78, 5) is 31.7. The van der Waals surface area contributed by atoms with Crippen LogP contribution in [0.4, 0.5) is 0 Å². The molecule has 7 heteroatoms. The number of nitrogens with one attached hydrogen (secondary N) is 2. The van der Waals surface area contributed by atoms with E-state index in [1.165, 1.54) is 64.2 Å². The number of carbonyl (C=O) groups excluding carboxylic acids is 2. The number of thioether (sulfide) groups is 1. The number of carbonyl (C=O) groups is 2. The lowest BCUT2D eigenvalue weighted by atomic mass is 9.73. The maximum absolute atomic E-state index is 14.0. The van der Waals surface area contributed by atoms with Crippen LogP contribution in [0.25, 0.3) is 0 Å². The molecule has 2 saturated carbocycles. The zero-order valence-electron chi connectivity index (χ0n) is 23.0. The summed E-state index contributed by atoms with van der Waals surface area (Å²) in [5.74, 6) is 2.73. The van der Waals surface area contributed by atoms with Crippen molar-refractivity contribution in [2.75, 3.05) is 25.4 Å². The number of hydrogen-bond acceptors (Lipinski definition) is 4. The lowest BCUT2D eigenvalue weighted by Crippen LogP contribution is -2.50. The monoisotopic (exact) mass is 538 g/mol. The average molecular weight is 539 g/mol. The minimum atomic E-state index is -0.576. The Kier molecular flexibility index (Phi) is 9.34. The lowest BCUT2D eigenvalue weighted by Gasteiger charge is -2.36. The van der Waals surface area contributed by atoms with Gasteiger partial charge in [0, 0.05) is 24.5 Å². The van der Waals surface area contributed by atoms with E-state index in [1.807, 2.05) is 35.2 Å². The molecule has 1 aromatic rings. The minimum Gasteiger partial charge on any atom is -0.342 e. The fourth-order valence-corrected chi connectivity index (χ4v) is 8.23. The summed E-state index contributed by atoms with van der Waals surface area (Å²) in [6.07, 6.45) is 16.3. The van der Waals surface area contributed by atoms with Gasteiger partial charge in [-0.1, -0.05) is 82.4 Å². The van der Waals surface area contributed by atoms with Crippen molar-refractivity contribution in [1.82, 2.24) is 15.1 Å². The molecule has 1 atom stereocenters. The molecule has 2 aliphatic carbocycles. The van der Waals surface area contributed by atoms with Crippen LogP contribution in [0.3, 0.4) is 0 Å². The smallest absolute Gasteiger partial charge is 0.255 e. The largest absolute Gasteiger partial charge is 0.342 e. The fourth-order valence-electron chi connectivity index (χ4n) is 7.41.